The second-order valence-electron chi connectivity index (χ2n) is 6.53. The van der Waals surface area contributed by atoms with Crippen LogP contribution in [0.3, 0.4) is 0 Å². The zero-order valence-electron chi connectivity index (χ0n) is 15.2. The first-order valence-electron chi connectivity index (χ1n) is 8.96. The van der Waals surface area contributed by atoms with Gasteiger partial charge in [0.15, 0.2) is 5.96 Å². The summed E-state index contributed by atoms with van der Waals surface area (Å²) in [5.41, 5.74) is 3.77. The smallest absolute Gasteiger partial charge is 0.191 e. The lowest BCUT2D eigenvalue weighted by Gasteiger charge is -2.15. The van der Waals surface area contributed by atoms with Crippen molar-refractivity contribution in [1.82, 2.24) is 25.3 Å². The highest BCUT2D eigenvalue weighted by molar-refractivity contribution is 5.79. The number of aryl methyl sites for hydroxylation is 1. The van der Waals surface area contributed by atoms with Gasteiger partial charge in [0.05, 0.1) is 12.2 Å². The molecule has 1 fully saturated rings. The van der Waals surface area contributed by atoms with Gasteiger partial charge in [-0.25, -0.2) is 0 Å². The van der Waals surface area contributed by atoms with E-state index in [0.29, 0.717) is 6.54 Å². The van der Waals surface area contributed by atoms with Crippen molar-refractivity contribution >= 4 is 5.96 Å². The molecular formula is C19H28N6. The van der Waals surface area contributed by atoms with Crippen molar-refractivity contribution in [3.63, 3.8) is 0 Å². The van der Waals surface area contributed by atoms with Crippen molar-refractivity contribution in [3.05, 3.63) is 53.3 Å². The first-order valence-corrected chi connectivity index (χ1v) is 8.96. The molecule has 1 aliphatic heterocycles. The molecule has 2 heterocycles. The molecule has 6 heteroatoms. The van der Waals surface area contributed by atoms with Gasteiger partial charge in [-0.05, 0) is 43.1 Å². The molecule has 2 aromatic rings. The topological polar surface area (TPSA) is 57.5 Å². The van der Waals surface area contributed by atoms with Crippen molar-refractivity contribution in [2.45, 2.75) is 32.5 Å². The van der Waals surface area contributed by atoms with Crippen molar-refractivity contribution in [1.29, 1.82) is 0 Å². The monoisotopic (exact) mass is 340 g/mol. The van der Waals surface area contributed by atoms with Gasteiger partial charge in [-0.1, -0.05) is 24.3 Å². The van der Waals surface area contributed by atoms with E-state index in [1.165, 1.54) is 37.1 Å². The lowest BCUT2D eigenvalue weighted by molar-refractivity contribution is 0.331. The lowest BCUT2D eigenvalue weighted by atomic mass is 10.1. The fourth-order valence-electron chi connectivity index (χ4n) is 3.12. The minimum atomic E-state index is 0.699. The molecule has 2 N–H and O–H groups in total. The van der Waals surface area contributed by atoms with Crippen LogP contribution in [0.1, 0.15) is 29.7 Å². The van der Waals surface area contributed by atoms with Crippen LogP contribution in [0.25, 0.3) is 0 Å². The molecule has 1 aliphatic rings. The van der Waals surface area contributed by atoms with Crippen LogP contribution in [0.4, 0.5) is 0 Å². The molecule has 0 atom stereocenters. The van der Waals surface area contributed by atoms with Crippen molar-refractivity contribution in [2.75, 3.05) is 20.1 Å². The zero-order valence-corrected chi connectivity index (χ0v) is 15.2. The lowest BCUT2D eigenvalue weighted by Crippen LogP contribution is -2.36. The number of rotatable bonds is 6. The van der Waals surface area contributed by atoms with Crippen LogP contribution in [0, 0.1) is 0 Å². The number of aromatic nitrogens is 2. The molecule has 0 aliphatic carbocycles. The number of benzene rings is 1. The number of hydrogen-bond acceptors (Lipinski definition) is 3. The van der Waals surface area contributed by atoms with Gasteiger partial charge in [-0.3, -0.25) is 14.6 Å². The summed E-state index contributed by atoms with van der Waals surface area (Å²) in [4.78, 5) is 6.80. The van der Waals surface area contributed by atoms with E-state index in [0.717, 1.165) is 24.7 Å². The molecule has 3 rings (SSSR count). The summed E-state index contributed by atoms with van der Waals surface area (Å²) in [6, 6.07) is 10.9. The second kappa shape index (κ2) is 8.67. The highest BCUT2D eigenvalue weighted by Gasteiger charge is 2.11. The van der Waals surface area contributed by atoms with Crippen LogP contribution in [0.5, 0.6) is 0 Å². The Hall–Kier alpha value is -2.34. The van der Waals surface area contributed by atoms with E-state index in [9.17, 15) is 0 Å². The van der Waals surface area contributed by atoms with Crippen molar-refractivity contribution in [2.24, 2.45) is 12.0 Å². The first-order chi connectivity index (χ1) is 12.2. The van der Waals surface area contributed by atoms with Gasteiger partial charge in [-0.2, -0.15) is 5.10 Å². The van der Waals surface area contributed by atoms with E-state index in [2.05, 4.69) is 49.9 Å². The molecule has 0 saturated carbocycles. The Morgan fingerprint density at radius 2 is 1.72 bits per heavy atom. The highest BCUT2D eigenvalue weighted by atomic mass is 15.3. The zero-order chi connectivity index (χ0) is 17.5. The van der Waals surface area contributed by atoms with E-state index < -0.39 is 0 Å². The van der Waals surface area contributed by atoms with Crippen molar-refractivity contribution < 1.29 is 0 Å². The Labute approximate surface area is 149 Å². The fraction of sp³-hybridized carbons (Fsp3) is 0.474. The minimum Gasteiger partial charge on any atom is -0.352 e. The molecule has 0 amide bonds. The summed E-state index contributed by atoms with van der Waals surface area (Å²) < 4.78 is 1.86. The molecule has 1 aromatic heterocycles. The number of likely N-dealkylation sites (tertiary alicyclic amines) is 1. The quantitative estimate of drug-likeness (QED) is 0.623. The third kappa shape index (κ3) is 5.06. The number of aliphatic imine (C=N–C) groups is 1. The molecule has 1 saturated heterocycles. The maximum atomic E-state index is 4.28. The van der Waals surface area contributed by atoms with Crippen LogP contribution >= 0.6 is 0 Å². The average molecular weight is 340 g/mol. The van der Waals surface area contributed by atoms with E-state index in [4.69, 9.17) is 0 Å². The Kier molecular flexibility index (Phi) is 6.06. The van der Waals surface area contributed by atoms with Crippen LogP contribution in [-0.4, -0.2) is 40.8 Å². The van der Waals surface area contributed by atoms with Gasteiger partial charge in [0.1, 0.15) is 0 Å². The second-order valence-corrected chi connectivity index (χ2v) is 6.53. The minimum absolute atomic E-state index is 0.699. The Bertz CT molecular complexity index is 682. The van der Waals surface area contributed by atoms with E-state index in [-0.39, 0.29) is 0 Å². The van der Waals surface area contributed by atoms with Gasteiger partial charge in [0, 0.05) is 33.4 Å². The predicted octanol–water partition coefficient (Wildman–Crippen LogP) is 1.88. The van der Waals surface area contributed by atoms with Crippen LogP contribution in [0.2, 0.25) is 0 Å². The standard InChI is InChI=1S/C19H28N6/c1-20-19(22-14-18-9-10-23-24(18)2)21-13-16-5-7-17(8-6-16)15-25-11-3-4-12-25/h5-10H,3-4,11-15H2,1-2H3,(H2,20,21,22). The summed E-state index contributed by atoms with van der Waals surface area (Å²) in [6.07, 6.45) is 4.48. The number of nitrogens with zero attached hydrogens (tertiary/aromatic N) is 4. The van der Waals surface area contributed by atoms with Crippen LogP contribution in [-0.2, 0) is 26.7 Å². The van der Waals surface area contributed by atoms with Crippen LogP contribution < -0.4 is 10.6 Å². The molecule has 0 unspecified atom stereocenters. The largest absolute Gasteiger partial charge is 0.352 e. The van der Waals surface area contributed by atoms with E-state index >= 15 is 0 Å². The summed E-state index contributed by atoms with van der Waals surface area (Å²) in [5, 5.41) is 10.8. The third-order valence-corrected chi connectivity index (χ3v) is 4.67. The maximum Gasteiger partial charge on any atom is 0.191 e. The molecular weight excluding hydrogens is 312 g/mol. The maximum absolute atomic E-state index is 4.28. The van der Waals surface area contributed by atoms with E-state index in [1.54, 1.807) is 13.2 Å². The molecule has 0 spiro atoms. The normalized spacial score (nSPS) is 15.5. The molecule has 6 nitrogen and oxygen atoms in total. The van der Waals surface area contributed by atoms with Gasteiger partial charge in [0.2, 0.25) is 0 Å². The van der Waals surface area contributed by atoms with Crippen molar-refractivity contribution in [3.8, 4) is 0 Å². The average Bonchev–Trinajstić information content (AvgIpc) is 3.28. The number of hydrogen-bond donors (Lipinski definition) is 2. The summed E-state index contributed by atoms with van der Waals surface area (Å²) >= 11 is 0. The van der Waals surface area contributed by atoms with Gasteiger partial charge >= 0.3 is 0 Å². The fourth-order valence-corrected chi connectivity index (χ4v) is 3.12. The SMILES string of the molecule is CN=C(NCc1ccc(CN2CCCC2)cc1)NCc1ccnn1C. The Morgan fingerprint density at radius 1 is 1.04 bits per heavy atom. The number of nitrogens with one attached hydrogen (secondary N) is 2. The summed E-state index contributed by atoms with van der Waals surface area (Å²) in [6.45, 7) is 5.01. The van der Waals surface area contributed by atoms with Crippen LogP contribution in [0.15, 0.2) is 41.5 Å². The van der Waals surface area contributed by atoms with Gasteiger partial charge < -0.3 is 10.6 Å². The highest BCUT2D eigenvalue weighted by Crippen LogP contribution is 2.13. The van der Waals surface area contributed by atoms with Gasteiger partial charge in [-0.15, -0.1) is 0 Å². The molecule has 0 bridgehead atoms. The summed E-state index contributed by atoms with van der Waals surface area (Å²) in [7, 11) is 3.73. The first kappa shape index (κ1) is 17.5. The Morgan fingerprint density at radius 3 is 2.36 bits per heavy atom. The Balaban J connectivity index is 1.45. The van der Waals surface area contributed by atoms with Gasteiger partial charge in [0.25, 0.3) is 0 Å². The molecule has 1 aromatic carbocycles. The molecule has 134 valence electrons. The predicted molar refractivity (Wildman–Crippen MR) is 101 cm³/mol. The number of guanidine groups is 1. The van der Waals surface area contributed by atoms with E-state index in [1.807, 2.05) is 17.8 Å². The molecule has 0 radical (unpaired) electrons. The summed E-state index contributed by atoms with van der Waals surface area (Å²) in [5.74, 6) is 0.794. The third-order valence-electron chi connectivity index (χ3n) is 4.67. The molecule has 25 heavy (non-hydrogen) atoms.